The van der Waals surface area contributed by atoms with Crippen LogP contribution in [0.1, 0.15) is 77.6 Å². The Labute approximate surface area is 314 Å². The number of rotatable bonds is 4. The number of allylic oxidation sites excluding steroid dienone is 5. The molecule has 53 heavy (non-hydrogen) atoms. The Bertz CT molecular complexity index is 2450. The molecule has 10 rings (SSSR count). The molecule has 3 unspecified atom stereocenters. The molecule has 6 aromatic carbocycles. The van der Waals surface area contributed by atoms with Gasteiger partial charge in [0, 0.05) is 18.2 Å². The zero-order valence-electron chi connectivity index (χ0n) is 30.9. The fraction of sp³-hybridized carbons (Fsp3) is 0.176. The summed E-state index contributed by atoms with van der Waals surface area (Å²) in [5, 5.41) is 0. The molecule has 0 radical (unpaired) electrons. The van der Waals surface area contributed by atoms with Crippen molar-refractivity contribution >= 4 is 22.6 Å². The van der Waals surface area contributed by atoms with Crippen molar-refractivity contribution in [3.8, 4) is 11.1 Å². The van der Waals surface area contributed by atoms with Gasteiger partial charge in [-0.1, -0.05) is 172 Å². The number of hydrogen-bond donors (Lipinski definition) is 1. The first-order valence-corrected chi connectivity index (χ1v) is 19.0. The fourth-order valence-electron chi connectivity index (χ4n) is 9.90. The molecule has 0 saturated carbocycles. The molecule has 1 heterocycles. The van der Waals surface area contributed by atoms with Crippen molar-refractivity contribution < 1.29 is 0 Å². The van der Waals surface area contributed by atoms with Gasteiger partial charge >= 0.3 is 0 Å². The van der Waals surface area contributed by atoms with E-state index in [9.17, 15) is 0 Å². The molecule has 1 spiro atoms. The van der Waals surface area contributed by atoms with E-state index in [-0.39, 0.29) is 5.41 Å². The van der Waals surface area contributed by atoms with Crippen LogP contribution in [0.2, 0.25) is 0 Å². The van der Waals surface area contributed by atoms with Crippen LogP contribution in [0.15, 0.2) is 170 Å². The summed E-state index contributed by atoms with van der Waals surface area (Å²) in [5.74, 6) is 0.801. The molecule has 0 amide bonds. The lowest BCUT2D eigenvalue weighted by atomic mass is 9.64. The third-order valence-corrected chi connectivity index (χ3v) is 12.3. The number of para-hydroxylation sites is 2. The average Bonchev–Trinajstić information content (AvgIpc) is 3.63. The third kappa shape index (κ3) is 4.78. The molecule has 6 aromatic rings. The Morgan fingerprint density at radius 1 is 0.679 bits per heavy atom. The summed E-state index contributed by atoms with van der Waals surface area (Å²) in [6.07, 6.45) is 10.4. The number of nitrogens with two attached hydrogens (primary N) is 1. The summed E-state index contributed by atoms with van der Waals surface area (Å²) in [6.45, 7) is 11.1. The standard InChI is InChI=1S/C47H38N2.C4H8/c1-46(2)36-19-8-6-16-33(36)34-27-26-31(28-41(34)46)32-18-12-22-39-44(32)35-17-7-9-20-37(35)47(39)38-21-10-11-25-43(38)49(29-30-14-4-3-5-15-30)45-40(47)23-13-24-42(45)48;1-3-4-2/h3-28,34,41H,29,48H2,1-2H3;3H,1,4H2,2H3. The van der Waals surface area contributed by atoms with Crippen molar-refractivity contribution in [2.75, 3.05) is 10.6 Å². The Hall–Kier alpha value is -5.86. The first-order chi connectivity index (χ1) is 25.9. The van der Waals surface area contributed by atoms with E-state index in [0.717, 1.165) is 24.3 Å². The van der Waals surface area contributed by atoms with Crippen molar-refractivity contribution in [2.45, 2.75) is 50.5 Å². The van der Waals surface area contributed by atoms with Crippen molar-refractivity contribution in [1.82, 2.24) is 0 Å². The van der Waals surface area contributed by atoms with Crippen LogP contribution < -0.4 is 10.6 Å². The minimum Gasteiger partial charge on any atom is -0.397 e. The molecule has 0 saturated heterocycles. The molecule has 0 fully saturated rings. The second kappa shape index (κ2) is 12.7. The van der Waals surface area contributed by atoms with Crippen LogP contribution in [-0.4, -0.2) is 0 Å². The first kappa shape index (κ1) is 33.0. The van der Waals surface area contributed by atoms with E-state index in [0.29, 0.717) is 11.8 Å². The number of benzene rings is 6. The van der Waals surface area contributed by atoms with Crippen LogP contribution in [0.4, 0.5) is 17.1 Å². The summed E-state index contributed by atoms with van der Waals surface area (Å²) in [5.41, 5.74) is 24.3. The molecule has 4 aliphatic rings. The first-order valence-electron chi connectivity index (χ1n) is 19.0. The van der Waals surface area contributed by atoms with Gasteiger partial charge in [-0.05, 0) is 91.1 Å². The Kier molecular flexibility index (Phi) is 7.89. The van der Waals surface area contributed by atoms with Gasteiger partial charge in [0.2, 0.25) is 0 Å². The molecular weight excluding hydrogens is 641 g/mol. The van der Waals surface area contributed by atoms with Crippen LogP contribution in [0, 0.1) is 5.92 Å². The fourth-order valence-corrected chi connectivity index (χ4v) is 9.90. The van der Waals surface area contributed by atoms with Gasteiger partial charge in [0.15, 0.2) is 0 Å². The number of fused-ring (bicyclic) bond motifs is 12. The highest BCUT2D eigenvalue weighted by Gasteiger charge is 2.53. The highest BCUT2D eigenvalue weighted by molar-refractivity contribution is 6.00. The quantitative estimate of drug-likeness (QED) is 0.147. The summed E-state index contributed by atoms with van der Waals surface area (Å²) < 4.78 is 0. The lowest BCUT2D eigenvalue weighted by Gasteiger charge is -2.45. The minimum atomic E-state index is -0.513. The molecule has 2 N–H and O–H groups in total. The number of hydrogen-bond acceptors (Lipinski definition) is 2. The van der Waals surface area contributed by atoms with E-state index in [1.165, 1.54) is 66.9 Å². The van der Waals surface area contributed by atoms with Gasteiger partial charge in [0.05, 0.1) is 16.8 Å². The predicted octanol–water partition coefficient (Wildman–Crippen LogP) is 12.5. The molecule has 0 bridgehead atoms. The normalized spacial score (nSPS) is 20.5. The second-order valence-electron chi connectivity index (χ2n) is 15.4. The zero-order valence-corrected chi connectivity index (χ0v) is 30.9. The van der Waals surface area contributed by atoms with E-state index in [2.05, 4.69) is 190 Å². The predicted molar refractivity (Wildman–Crippen MR) is 224 cm³/mol. The van der Waals surface area contributed by atoms with E-state index >= 15 is 0 Å². The van der Waals surface area contributed by atoms with Gasteiger partial charge in [-0.3, -0.25) is 0 Å². The number of anilines is 3. The Morgan fingerprint density at radius 2 is 1.30 bits per heavy atom. The molecule has 0 aromatic heterocycles. The molecular formula is C51H46N2. The van der Waals surface area contributed by atoms with E-state index in [4.69, 9.17) is 5.73 Å². The van der Waals surface area contributed by atoms with Gasteiger partial charge in [-0.15, -0.1) is 6.58 Å². The molecule has 2 nitrogen and oxygen atoms in total. The minimum absolute atomic E-state index is 0.0509. The van der Waals surface area contributed by atoms with Crippen LogP contribution >= 0.6 is 0 Å². The number of nitrogen functional groups attached to an aromatic ring is 1. The van der Waals surface area contributed by atoms with E-state index in [1.54, 1.807) is 0 Å². The van der Waals surface area contributed by atoms with Gasteiger partial charge < -0.3 is 10.6 Å². The number of nitrogens with zero attached hydrogens (tertiary/aromatic N) is 1. The Balaban J connectivity index is 0.000000888. The zero-order chi connectivity index (χ0) is 36.3. The summed E-state index contributed by atoms with van der Waals surface area (Å²) in [4.78, 5) is 2.44. The highest BCUT2D eigenvalue weighted by atomic mass is 15.2. The van der Waals surface area contributed by atoms with E-state index < -0.39 is 5.41 Å². The average molecular weight is 687 g/mol. The van der Waals surface area contributed by atoms with Crippen molar-refractivity contribution in [3.63, 3.8) is 0 Å². The van der Waals surface area contributed by atoms with Crippen molar-refractivity contribution in [3.05, 3.63) is 215 Å². The maximum absolute atomic E-state index is 7.03. The summed E-state index contributed by atoms with van der Waals surface area (Å²) in [6, 6.07) is 51.4. The molecule has 260 valence electrons. The smallest absolute Gasteiger partial charge is 0.0755 e. The van der Waals surface area contributed by atoms with Crippen molar-refractivity contribution in [2.24, 2.45) is 5.92 Å². The van der Waals surface area contributed by atoms with Crippen LogP contribution in [0.3, 0.4) is 0 Å². The summed E-state index contributed by atoms with van der Waals surface area (Å²) >= 11 is 0. The maximum atomic E-state index is 7.03. The van der Waals surface area contributed by atoms with Gasteiger partial charge in [0.25, 0.3) is 0 Å². The monoisotopic (exact) mass is 686 g/mol. The second-order valence-corrected chi connectivity index (χ2v) is 15.4. The lowest BCUT2D eigenvalue weighted by Crippen LogP contribution is -2.38. The van der Waals surface area contributed by atoms with E-state index in [1.807, 2.05) is 6.08 Å². The largest absolute Gasteiger partial charge is 0.397 e. The molecule has 2 heteroatoms. The Morgan fingerprint density at radius 3 is 2.09 bits per heavy atom. The van der Waals surface area contributed by atoms with Crippen LogP contribution in [-0.2, 0) is 17.4 Å². The van der Waals surface area contributed by atoms with Crippen LogP contribution in [0.25, 0.3) is 16.7 Å². The molecule has 3 aliphatic carbocycles. The van der Waals surface area contributed by atoms with Gasteiger partial charge in [0.1, 0.15) is 0 Å². The highest BCUT2D eigenvalue weighted by Crippen LogP contribution is 2.64. The third-order valence-electron chi connectivity index (χ3n) is 12.3. The molecule has 3 atom stereocenters. The van der Waals surface area contributed by atoms with Crippen LogP contribution in [0.5, 0.6) is 0 Å². The van der Waals surface area contributed by atoms with Crippen molar-refractivity contribution in [1.29, 1.82) is 0 Å². The van der Waals surface area contributed by atoms with Gasteiger partial charge in [-0.25, -0.2) is 0 Å². The summed E-state index contributed by atoms with van der Waals surface area (Å²) in [7, 11) is 0. The van der Waals surface area contributed by atoms with Gasteiger partial charge in [-0.2, -0.15) is 0 Å². The topological polar surface area (TPSA) is 29.3 Å². The lowest BCUT2D eigenvalue weighted by molar-refractivity contribution is 0.395. The SMILES string of the molecule is C=CCC.CC1(C)c2ccccc2C2C=CC(c3cccc4c3-c3ccccc3C43c4ccccc4N(Cc4ccccc4)c4c(N)cccc43)=CC21. The maximum Gasteiger partial charge on any atom is 0.0755 e. The molecule has 1 aliphatic heterocycles.